The third kappa shape index (κ3) is 4.23. The molecule has 0 saturated carbocycles. The second-order valence-corrected chi connectivity index (χ2v) is 7.39. The number of fused-ring (bicyclic) bond motifs is 1. The topological polar surface area (TPSA) is 76.3 Å². The lowest BCUT2D eigenvalue weighted by atomic mass is 10.2. The fourth-order valence-electron chi connectivity index (χ4n) is 3.65. The maximum Gasteiger partial charge on any atom is 0.268 e. The minimum Gasteiger partial charge on any atom is -0.369 e. The number of benzene rings is 1. The molecule has 8 nitrogen and oxygen atoms in total. The maximum absolute atomic E-state index is 12.6. The Labute approximate surface area is 171 Å². The number of anilines is 1. The highest BCUT2D eigenvalue weighted by atomic mass is 19.3. The Bertz CT molecular complexity index is 1170. The van der Waals surface area contributed by atoms with Gasteiger partial charge in [-0.3, -0.25) is 24.0 Å². The number of nitrogens with zero attached hydrogens (tertiary/aromatic N) is 6. The Morgan fingerprint density at radius 2 is 1.87 bits per heavy atom. The van der Waals surface area contributed by atoms with Gasteiger partial charge in [0, 0.05) is 51.7 Å². The average molecular weight is 416 g/mol. The molecule has 0 atom stereocenters. The van der Waals surface area contributed by atoms with Crippen LogP contribution in [0.5, 0.6) is 0 Å². The van der Waals surface area contributed by atoms with Crippen LogP contribution >= 0.6 is 0 Å². The van der Waals surface area contributed by atoms with Gasteiger partial charge in [-0.1, -0.05) is 0 Å². The van der Waals surface area contributed by atoms with E-state index in [1.807, 2.05) is 12.1 Å². The molecule has 1 aliphatic heterocycles. The molecule has 30 heavy (non-hydrogen) atoms. The van der Waals surface area contributed by atoms with Crippen LogP contribution in [0.15, 0.2) is 46.5 Å². The molecule has 3 aromatic rings. The zero-order valence-electron chi connectivity index (χ0n) is 16.5. The molecule has 0 bridgehead atoms. The number of rotatable bonds is 5. The van der Waals surface area contributed by atoms with Gasteiger partial charge < -0.3 is 9.47 Å². The second kappa shape index (κ2) is 8.31. The number of hydrogen-bond acceptors (Lipinski definition) is 6. The molecule has 1 saturated heterocycles. The summed E-state index contributed by atoms with van der Waals surface area (Å²) in [6.07, 6.45) is 1.67. The fraction of sp³-hybridized carbons (Fsp3) is 0.400. The van der Waals surface area contributed by atoms with Crippen molar-refractivity contribution in [3.8, 4) is 0 Å². The third-order valence-electron chi connectivity index (χ3n) is 5.30. The van der Waals surface area contributed by atoms with E-state index in [9.17, 15) is 18.4 Å². The predicted molar refractivity (Wildman–Crippen MR) is 109 cm³/mol. The van der Waals surface area contributed by atoms with Crippen molar-refractivity contribution in [3.05, 3.63) is 63.3 Å². The lowest BCUT2D eigenvalue weighted by Gasteiger charge is -2.36. The highest BCUT2D eigenvalue weighted by Crippen LogP contribution is 2.21. The first-order valence-electron chi connectivity index (χ1n) is 9.67. The summed E-state index contributed by atoms with van der Waals surface area (Å²) in [7, 11) is 1.71. The standard InChI is InChI=1S/C20H22F2N6O2/c1-25-10-14(23-9-19(25)29)11-26-4-6-27(7-5-26)15-2-3-16-17(8-15)24-13-28(20(16)30)12-18(21)22/h2-3,8-10,13,18H,4-7,11-12H2,1H3. The average Bonchev–Trinajstić information content (AvgIpc) is 2.73. The SMILES string of the molecule is Cn1cc(CN2CCN(c3ccc4c(=O)n(CC(F)F)cnc4c3)CC2)ncc1=O. The lowest BCUT2D eigenvalue weighted by Crippen LogP contribution is -2.46. The summed E-state index contributed by atoms with van der Waals surface area (Å²) in [5.41, 5.74) is 1.71. The van der Waals surface area contributed by atoms with Gasteiger partial charge in [-0.15, -0.1) is 0 Å². The van der Waals surface area contributed by atoms with Crippen molar-refractivity contribution in [2.75, 3.05) is 31.1 Å². The van der Waals surface area contributed by atoms with E-state index in [0.29, 0.717) is 17.4 Å². The summed E-state index contributed by atoms with van der Waals surface area (Å²) < 4.78 is 27.7. The molecule has 1 fully saturated rings. The molecule has 4 rings (SSSR count). The molecule has 3 heterocycles. The zero-order chi connectivity index (χ0) is 21.3. The lowest BCUT2D eigenvalue weighted by molar-refractivity contribution is 0.125. The van der Waals surface area contributed by atoms with Crippen LogP contribution in [0.2, 0.25) is 0 Å². The summed E-state index contributed by atoms with van der Waals surface area (Å²) in [6, 6.07) is 5.32. The maximum atomic E-state index is 12.6. The molecule has 1 aliphatic rings. The fourth-order valence-corrected chi connectivity index (χ4v) is 3.65. The molecule has 2 aromatic heterocycles. The van der Waals surface area contributed by atoms with Crippen molar-refractivity contribution in [1.29, 1.82) is 0 Å². The van der Waals surface area contributed by atoms with E-state index < -0.39 is 18.5 Å². The molecule has 0 radical (unpaired) electrons. The van der Waals surface area contributed by atoms with Crippen LogP contribution < -0.4 is 16.0 Å². The van der Waals surface area contributed by atoms with E-state index in [2.05, 4.69) is 19.8 Å². The normalized spacial score (nSPS) is 15.3. The Balaban J connectivity index is 1.44. The van der Waals surface area contributed by atoms with E-state index >= 15 is 0 Å². The van der Waals surface area contributed by atoms with E-state index in [1.54, 1.807) is 19.3 Å². The number of halogens is 2. The largest absolute Gasteiger partial charge is 0.369 e. The molecule has 0 spiro atoms. The van der Waals surface area contributed by atoms with Crippen molar-refractivity contribution in [3.63, 3.8) is 0 Å². The van der Waals surface area contributed by atoms with Crippen molar-refractivity contribution in [2.45, 2.75) is 19.5 Å². The monoisotopic (exact) mass is 416 g/mol. The number of aryl methyl sites for hydroxylation is 1. The first kappa shape index (κ1) is 20.1. The first-order valence-corrected chi connectivity index (χ1v) is 9.67. The van der Waals surface area contributed by atoms with Crippen molar-refractivity contribution < 1.29 is 8.78 Å². The summed E-state index contributed by atoms with van der Waals surface area (Å²) in [5.74, 6) is 0. The van der Waals surface area contributed by atoms with Gasteiger partial charge in [-0.25, -0.2) is 13.8 Å². The van der Waals surface area contributed by atoms with Gasteiger partial charge in [0.2, 0.25) is 0 Å². The molecule has 10 heteroatoms. The Morgan fingerprint density at radius 3 is 2.57 bits per heavy atom. The number of alkyl halides is 2. The van der Waals surface area contributed by atoms with Crippen LogP contribution in [0.4, 0.5) is 14.5 Å². The molecule has 0 amide bonds. The minimum atomic E-state index is -2.60. The minimum absolute atomic E-state index is 0.130. The van der Waals surface area contributed by atoms with Gasteiger partial charge in [0.05, 0.1) is 35.7 Å². The third-order valence-corrected chi connectivity index (χ3v) is 5.30. The van der Waals surface area contributed by atoms with E-state index in [4.69, 9.17) is 0 Å². The first-order chi connectivity index (χ1) is 14.4. The Kier molecular flexibility index (Phi) is 5.58. The van der Waals surface area contributed by atoms with Gasteiger partial charge >= 0.3 is 0 Å². The highest BCUT2D eigenvalue weighted by Gasteiger charge is 2.19. The summed E-state index contributed by atoms with van der Waals surface area (Å²) >= 11 is 0. The molecule has 1 aromatic carbocycles. The molecular formula is C20H22F2N6O2. The highest BCUT2D eigenvalue weighted by molar-refractivity contribution is 5.81. The van der Waals surface area contributed by atoms with E-state index in [-0.39, 0.29) is 5.56 Å². The smallest absolute Gasteiger partial charge is 0.268 e. The van der Waals surface area contributed by atoms with Crippen molar-refractivity contribution in [2.24, 2.45) is 7.05 Å². The van der Waals surface area contributed by atoms with Crippen LogP contribution in [0.1, 0.15) is 5.69 Å². The zero-order valence-corrected chi connectivity index (χ0v) is 16.5. The Hall–Kier alpha value is -3.14. The van der Waals surface area contributed by atoms with Crippen LogP contribution in [0.3, 0.4) is 0 Å². The van der Waals surface area contributed by atoms with Crippen molar-refractivity contribution >= 4 is 16.6 Å². The molecule has 0 aliphatic carbocycles. The Morgan fingerprint density at radius 1 is 1.10 bits per heavy atom. The van der Waals surface area contributed by atoms with Gasteiger partial charge in [0.25, 0.3) is 17.5 Å². The van der Waals surface area contributed by atoms with Crippen LogP contribution in [-0.2, 0) is 20.1 Å². The van der Waals surface area contributed by atoms with Crippen molar-refractivity contribution in [1.82, 2.24) is 24.0 Å². The predicted octanol–water partition coefficient (Wildman–Crippen LogP) is 1.08. The second-order valence-electron chi connectivity index (χ2n) is 7.39. The van der Waals surface area contributed by atoms with Crippen LogP contribution in [-0.4, -0.2) is 56.6 Å². The number of aromatic nitrogens is 4. The van der Waals surface area contributed by atoms with Gasteiger partial charge in [-0.05, 0) is 18.2 Å². The van der Waals surface area contributed by atoms with Gasteiger partial charge in [-0.2, -0.15) is 0 Å². The summed E-state index contributed by atoms with van der Waals surface area (Å²) in [5, 5.41) is 0.335. The van der Waals surface area contributed by atoms with Crippen LogP contribution in [0.25, 0.3) is 10.9 Å². The summed E-state index contributed by atoms with van der Waals surface area (Å²) in [6.45, 7) is 3.25. The molecule has 0 unspecified atom stereocenters. The van der Waals surface area contributed by atoms with Crippen LogP contribution in [0, 0.1) is 0 Å². The molecule has 158 valence electrons. The molecular weight excluding hydrogens is 394 g/mol. The summed E-state index contributed by atoms with van der Waals surface area (Å²) in [4.78, 5) is 36.7. The van der Waals surface area contributed by atoms with E-state index in [1.165, 1.54) is 17.1 Å². The van der Waals surface area contributed by atoms with E-state index in [0.717, 1.165) is 42.1 Å². The number of piperazine rings is 1. The number of hydrogen-bond donors (Lipinski definition) is 0. The quantitative estimate of drug-likeness (QED) is 0.620. The van der Waals surface area contributed by atoms with Gasteiger partial charge in [0.1, 0.15) is 0 Å². The molecule has 0 N–H and O–H groups in total. The van der Waals surface area contributed by atoms with Gasteiger partial charge in [0.15, 0.2) is 0 Å².